The molecular formula is C13H23NO2. The molecule has 0 radical (unpaired) electrons. The second kappa shape index (κ2) is 5.00. The zero-order valence-corrected chi connectivity index (χ0v) is 10.8. The zero-order chi connectivity index (χ0) is 12.3. The fourth-order valence-corrected chi connectivity index (χ4v) is 2.00. The Kier molecular flexibility index (Phi) is 4.14. The summed E-state index contributed by atoms with van der Waals surface area (Å²) in [6.07, 6.45) is 3.89. The molecule has 16 heavy (non-hydrogen) atoms. The van der Waals surface area contributed by atoms with Gasteiger partial charge in [0, 0.05) is 19.1 Å². The van der Waals surface area contributed by atoms with Gasteiger partial charge < -0.3 is 5.11 Å². The molecule has 0 aromatic carbocycles. The van der Waals surface area contributed by atoms with Gasteiger partial charge in [-0.1, -0.05) is 11.6 Å². The number of hydrogen-bond donors (Lipinski definition) is 1. The summed E-state index contributed by atoms with van der Waals surface area (Å²) in [4.78, 5) is 13.4. The molecule has 1 rings (SSSR count). The van der Waals surface area contributed by atoms with Crippen LogP contribution in [0.3, 0.4) is 0 Å². The van der Waals surface area contributed by atoms with Crippen molar-refractivity contribution < 1.29 is 9.90 Å². The lowest BCUT2D eigenvalue weighted by Crippen LogP contribution is -2.35. The average molecular weight is 225 g/mol. The molecule has 0 fully saturated rings. The molecule has 1 heterocycles. The molecule has 0 aliphatic carbocycles. The van der Waals surface area contributed by atoms with E-state index in [2.05, 4.69) is 24.8 Å². The highest BCUT2D eigenvalue weighted by Gasteiger charge is 2.29. The molecule has 0 bridgehead atoms. The second-order valence-electron chi connectivity index (χ2n) is 5.57. The minimum Gasteiger partial charge on any atom is -0.481 e. The molecule has 0 aromatic rings. The van der Waals surface area contributed by atoms with Crippen LogP contribution < -0.4 is 0 Å². The van der Waals surface area contributed by atoms with Crippen LogP contribution in [0.25, 0.3) is 0 Å². The van der Waals surface area contributed by atoms with Crippen molar-refractivity contribution in [3.05, 3.63) is 11.6 Å². The maximum atomic E-state index is 11.0. The standard InChI is InChI=1S/C13H23NO2/c1-10(2)14-7-5-11(6-8-14)9-13(3,4)12(15)16/h5,10H,6-9H2,1-4H3,(H,15,16). The van der Waals surface area contributed by atoms with Crippen molar-refractivity contribution in [2.45, 2.75) is 46.6 Å². The summed E-state index contributed by atoms with van der Waals surface area (Å²) in [5, 5.41) is 9.07. The van der Waals surface area contributed by atoms with Crippen molar-refractivity contribution in [3.8, 4) is 0 Å². The van der Waals surface area contributed by atoms with E-state index in [9.17, 15) is 4.79 Å². The van der Waals surface area contributed by atoms with Crippen LogP contribution in [-0.2, 0) is 4.79 Å². The molecule has 1 aliphatic heterocycles. The Hall–Kier alpha value is -0.830. The van der Waals surface area contributed by atoms with E-state index in [1.54, 1.807) is 13.8 Å². The monoisotopic (exact) mass is 225 g/mol. The van der Waals surface area contributed by atoms with E-state index in [1.807, 2.05) is 0 Å². The number of carboxylic acids is 1. The highest BCUT2D eigenvalue weighted by Crippen LogP contribution is 2.28. The number of hydrogen-bond acceptors (Lipinski definition) is 2. The summed E-state index contributed by atoms with van der Waals surface area (Å²) in [6.45, 7) is 10.00. The summed E-state index contributed by atoms with van der Waals surface area (Å²) in [7, 11) is 0. The summed E-state index contributed by atoms with van der Waals surface area (Å²) in [5.74, 6) is -0.709. The predicted octanol–water partition coefficient (Wildman–Crippen LogP) is 2.53. The smallest absolute Gasteiger partial charge is 0.309 e. The highest BCUT2D eigenvalue weighted by atomic mass is 16.4. The van der Waals surface area contributed by atoms with E-state index >= 15 is 0 Å². The Labute approximate surface area is 98.1 Å². The first-order chi connectivity index (χ1) is 7.33. The largest absolute Gasteiger partial charge is 0.481 e. The van der Waals surface area contributed by atoms with Gasteiger partial charge >= 0.3 is 5.97 Å². The average Bonchev–Trinajstić information content (AvgIpc) is 2.17. The van der Waals surface area contributed by atoms with Gasteiger partial charge in [-0.05, 0) is 40.5 Å². The van der Waals surface area contributed by atoms with Crippen LogP contribution >= 0.6 is 0 Å². The number of carboxylic acid groups (broad SMARTS) is 1. The maximum Gasteiger partial charge on any atom is 0.309 e. The van der Waals surface area contributed by atoms with Gasteiger partial charge in [-0.15, -0.1) is 0 Å². The quantitative estimate of drug-likeness (QED) is 0.747. The van der Waals surface area contributed by atoms with Crippen molar-refractivity contribution in [2.75, 3.05) is 13.1 Å². The molecule has 0 atom stereocenters. The van der Waals surface area contributed by atoms with Crippen molar-refractivity contribution in [2.24, 2.45) is 5.41 Å². The Morgan fingerprint density at radius 3 is 2.56 bits per heavy atom. The molecule has 0 amide bonds. The lowest BCUT2D eigenvalue weighted by Gasteiger charge is -2.31. The van der Waals surface area contributed by atoms with Gasteiger partial charge in [0.1, 0.15) is 0 Å². The minimum absolute atomic E-state index is 0.574. The molecule has 0 unspecified atom stereocenters. The van der Waals surface area contributed by atoms with Crippen molar-refractivity contribution in [1.29, 1.82) is 0 Å². The van der Waals surface area contributed by atoms with E-state index in [4.69, 9.17) is 5.11 Å². The Morgan fingerprint density at radius 1 is 1.56 bits per heavy atom. The van der Waals surface area contributed by atoms with Crippen LogP contribution in [0.1, 0.15) is 40.5 Å². The topological polar surface area (TPSA) is 40.5 Å². The third-order valence-electron chi connectivity index (χ3n) is 3.31. The summed E-state index contributed by atoms with van der Waals surface area (Å²) < 4.78 is 0. The van der Waals surface area contributed by atoms with Gasteiger partial charge in [-0.2, -0.15) is 0 Å². The van der Waals surface area contributed by atoms with Gasteiger partial charge in [0.25, 0.3) is 0 Å². The summed E-state index contributed by atoms with van der Waals surface area (Å²) >= 11 is 0. The molecule has 0 saturated heterocycles. The van der Waals surface area contributed by atoms with E-state index < -0.39 is 11.4 Å². The van der Waals surface area contributed by atoms with Gasteiger partial charge in [-0.3, -0.25) is 9.69 Å². The summed E-state index contributed by atoms with van der Waals surface area (Å²) in [6, 6.07) is 0.574. The maximum absolute atomic E-state index is 11.0. The van der Waals surface area contributed by atoms with Gasteiger partial charge in [0.15, 0.2) is 0 Å². The Morgan fingerprint density at radius 2 is 2.19 bits per heavy atom. The normalized spacial score (nSPS) is 18.7. The third-order valence-corrected chi connectivity index (χ3v) is 3.31. The highest BCUT2D eigenvalue weighted by molar-refractivity contribution is 5.74. The lowest BCUT2D eigenvalue weighted by atomic mass is 9.84. The molecule has 92 valence electrons. The van der Waals surface area contributed by atoms with Gasteiger partial charge in [-0.25, -0.2) is 0 Å². The van der Waals surface area contributed by atoms with Gasteiger partial charge in [0.05, 0.1) is 5.41 Å². The van der Waals surface area contributed by atoms with Crippen molar-refractivity contribution in [1.82, 2.24) is 4.90 Å². The zero-order valence-electron chi connectivity index (χ0n) is 10.8. The van der Waals surface area contributed by atoms with Crippen LogP contribution in [0, 0.1) is 5.41 Å². The molecule has 3 nitrogen and oxygen atoms in total. The third kappa shape index (κ3) is 3.34. The number of nitrogens with zero attached hydrogens (tertiary/aromatic N) is 1. The molecule has 1 aliphatic rings. The van der Waals surface area contributed by atoms with Crippen LogP contribution in [-0.4, -0.2) is 35.1 Å². The second-order valence-corrected chi connectivity index (χ2v) is 5.57. The fraction of sp³-hybridized carbons (Fsp3) is 0.769. The number of aliphatic carboxylic acids is 1. The van der Waals surface area contributed by atoms with E-state index in [1.165, 1.54) is 5.57 Å². The fourth-order valence-electron chi connectivity index (χ4n) is 2.00. The van der Waals surface area contributed by atoms with E-state index in [-0.39, 0.29) is 0 Å². The lowest BCUT2D eigenvalue weighted by molar-refractivity contribution is -0.146. The predicted molar refractivity (Wildman–Crippen MR) is 65.4 cm³/mol. The van der Waals surface area contributed by atoms with Gasteiger partial charge in [0.2, 0.25) is 0 Å². The first-order valence-corrected chi connectivity index (χ1v) is 5.98. The first kappa shape index (κ1) is 13.2. The first-order valence-electron chi connectivity index (χ1n) is 5.98. The molecule has 0 saturated carbocycles. The Bertz CT molecular complexity index is 292. The van der Waals surface area contributed by atoms with E-state index in [0.29, 0.717) is 12.5 Å². The van der Waals surface area contributed by atoms with Crippen LogP contribution in [0.15, 0.2) is 11.6 Å². The number of rotatable bonds is 4. The Balaban J connectivity index is 2.56. The molecule has 1 N–H and O–H groups in total. The van der Waals surface area contributed by atoms with Crippen LogP contribution in [0.2, 0.25) is 0 Å². The molecule has 0 spiro atoms. The summed E-state index contributed by atoms with van der Waals surface area (Å²) in [5.41, 5.74) is 0.663. The molecule has 0 aromatic heterocycles. The van der Waals surface area contributed by atoms with Crippen molar-refractivity contribution >= 4 is 5.97 Å². The SMILES string of the molecule is CC(C)N1CC=C(CC(C)(C)C(=O)O)CC1. The molecule has 3 heteroatoms. The van der Waals surface area contributed by atoms with Crippen molar-refractivity contribution in [3.63, 3.8) is 0 Å². The molecular weight excluding hydrogens is 202 g/mol. The number of carbonyl (C=O) groups is 1. The van der Waals surface area contributed by atoms with E-state index in [0.717, 1.165) is 19.5 Å². The van der Waals surface area contributed by atoms with Crippen LogP contribution in [0.5, 0.6) is 0 Å². The minimum atomic E-state index is -0.709. The van der Waals surface area contributed by atoms with Crippen LogP contribution in [0.4, 0.5) is 0 Å².